The Morgan fingerprint density at radius 1 is 1.08 bits per heavy atom. The first-order valence-corrected chi connectivity index (χ1v) is 8.32. The molecule has 0 spiro atoms. The van der Waals surface area contributed by atoms with Gasteiger partial charge in [-0.2, -0.15) is 5.26 Å². The van der Waals surface area contributed by atoms with Crippen molar-refractivity contribution in [3.8, 4) is 11.8 Å². The molecule has 0 saturated carbocycles. The highest BCUT2D eigenvalue weighted by Crippen LogP contribution is 2.31. The largest absolute Gasteiger partial charge is 0.491 e. The third-order valence-corrected chi connectivity index (χ3v) is 4.55. The van der Waals surface area contributed by atoms with Crippen molar-refractivity contribution < 1.29 is 19.4 Å². The van der Waals surface area contributed by atoms with E-state index in [0.29, 0.717) is 11.3 Å². The first-order valence-electron chi connectivity index (χ1n) is 7.57. The van der Waals surface area contributed by atoms with Crippen LogP contribution < -0.4 is 4.74 Å². The zero-order valence-corrected chi connectivity index (χ0v) is 14.8. The van der Waals surface area contributed by atoms with Crippen molar-refractivity contribution in [1.82, 2.24) is 4.90 Å². The normalized spacial score (nSPS) is 14.2. The number of carbonyl (C=O) groups is 2. The molecule has 2 aromatic rings. The lowest BCUT2D eigenvalue weighted by Crippen LogP contribution is -2.39. The number of hydrogen-bond donors (Lipinski definition) is 1. The number of aliphatic hydroxyl groups is 1. The van der Waals surface area contributed by atoms with Gasteiger partial charge in [-0.05, 0) is 36.4 Å². The van der Waals surface area contributed by atoms with Crippen LogP contribution in [0.4, 0.5) is 0 Å². The lowest BCUT2D eigenvalue weighted by molar-refractivity contribution is 0.0457. The lowest BCUT2D eigenvalue weighted by Gasteiger charge is -2.18. The van der Waals surface area contributed by atoms with Crippen LogP contribution in [0.2, 0.25) is 10.0 Å². The summed E-state index contributed by atoms with van der Waals surface area (Å²) < 4.78 is 5.41. The summed E-state index contributed by atoms with van der Waals surface area (Å²) in [7, 11) is 0. The molecular weight excluding hydrogens is 379 g/mol. The molecule has 8 heteroatoms. The summed E-state index contributed by atoms with van der Waals surface area (Å²) in [4.78, 5) is 25.7. The maximum absolute atomic E-state index is 12.4. The van der Waals surface area contributed by atoms with Gasteiger partial charge in [0.05, 0.1) is 39.3 Å². The number of halogens is 2. The molecule has 2 aromatic carbocycles. The molecule has 1 atom stereocenters. The quantitative estimate of drug-likeness (QED) is 0.792. The average molecular weight is 391 g/mol. The lowest BCUT2D eigenvalue weighted by atomic mass is 10.1. The molecular formula is C18H12Cl2N2O4. The number of carbonyl (C=O) groups excluding carboxylic acids is 2. The second-order valence-corrected chi connectivity index (χ2v) is 6.45. The number of rotatable bonds is 5. The first-order chi connectivity index (χ1) is 12.4. The fourth-order valence-corrected chi connectivity index (χ4v) is 2.86. The van der Waals surface area contributed by atoms with Crippen LogP contribution in [0, 0.1) is 11.3 Å². The molecule has 1 unspecified atom stereocenters. The topological polar surface area (TPSA) is 90.6 Å². The third kappa shape index (κ3) is 3.51. The van der Waals surface area contributed by atoms with Crippen molar-refractivity contribution in [1.29, 1.82) is 5.26 Å². The number of fused-ring (bicyclic) bond motifs is 1. The highest BCUT2D eigenvalue weighted by atomic mass is 35.5. The zero-order chi connectivity index (χ0) is 18.8. The van der Waals surface area contributed by atoms with Crippen LogP contribution in [0.1, 0.15) is 26.3 Å². The summed E-state index contributed by atoms with van der Waals surface area (Å²) >= 11 is 11.8. The summed E-state index contributed by atoms with van der Waals surface area (Å²) in [6.07, 6.45) is -1.08. The van der Waals surface area contributed by atoms with Crippen molar-refractivity contribution in [2.75, 3.05) is 13.2 Å². The number of benzene rings is 2. The second kappa shape index (κ2) is 7.34. The molecule has 0 fully saturated rings. The summed E-state index contributed by atoms with van der Waals surface area (Å²) in [5, 5.41) is 19.2. The van der Waals surface area contributed by atoms with Crippen LogP contribution in [-0.2, 0) is 0 Å². The number of nitriles is 1. The summed E-state index contributed by atoms with van der Waals surface area (Å²) in [6.45, 7) is -0.349. The van der Waals surface area contributed by atoms with Crippen molar-refractivity contribution >= 4 is 35.0 Å². The Balaban J connectivity index is 1.64. The Kier molecular flexibility index (Phi) is 5.14. The molecule has 132 valence electrons. The summed E-state index contributed by atoms with van der Waals surface area (Å²) in [6, 6.07) is 11.0. The van der Waals surface area contributed by atoms with Gasteiger partial charge in [0.1, 0.15) is 18.5 Å². The SMILES string of the molecule is N#Cc1ccc(OCC(O)CN2C(=O)c3cc(Cl)c(Cl)cc3C2=O)cc1. The fraction of sp³-hybridized carbons (Fsp3) is 0.167. The minimum absolute atomic E-state index is 0.124. The maximum atomic E-state index is 12.4. The molecule has 26 heavy (non-hydrogen) atoms. The molecule has 1 heterocycles. The smallest absolute Gasteiger partial charge is 0.261 e. The van der Waals surface area contributed by atoms with Gasteiger partial charge in [0.2, 0.25) is 0 Å². The molecule has 0 aromatic heterocycles. The molecule has 1 aliphatic rings. The molecule has 0 aliphatic carbocycles. The first kappa shape index (κ1) is 18.2. The molecule has 3 rings (SSSR count). The van der Waals surface area contributed by atoms with E-state index in [0.717, 1.165) is 4.90 Å². The zero-order valence-electron chi connectivity index (χ0n) is 13.3. The standard InChI is InChI=1S/C18H12Cl2N2O4/c19-15-5-13-14(6-16(15)20)18(25)22(17(13)24)8-11(23)9-26-12-3-1-10(7-21)2-4-12/h1-6,11,23H,8-9H2. The summed E-state index contributed by atoms with van der Waals surface area (Å²) in [5.74, 6) is -0.619. The molecule has 0 saturated heterocycles. The van der Waals surface area contributed by atoms with Crippen molar-refractivity contribution in [2.45, 2.75) is 6.10 Å². The Morgan fingerprint density at radius 2 is 1.62 bits per heavy atom. The summed E-state index contributed by atoms with van der Waals surface area (Å²) in [5.41, 5.74) is 0.801. The Morgan fingerprint density at radius 3 is 2.12 bits per heavy atom. The number of β-amino-alcohol motifs (C(OH)–C–C–N with tert-alkyl or cyclic N) is 1. The van der Waals surface area contributed by atoms with Crippen LogP contribution in [-0.4, -0.2) is 41.1 Å². The van der Waals surface area contributed by atoms with Gasteiger partial charge < -0.3 is 9.84 Å². The van der Waals surface area contributed by atoms with Crippen LogP contribution in [0.5, 0.6) is 5.75 Å². The minimum atomic E-state index is -1.08. The van der Waals surface area contributed by atoms with Gasteiger partial charge in [-0.1, -0.05) is 23.2 Å². The fourth-order valence-electron chi connectivity index (χ4n) is 2.53. The van der Waals surface area contributed by atoms with E-state index >= 15 is 0 Å². The van der Waals surface area contributed by atoms with Gasteiger partial charge in [-0.25, -0.2) is 0 Å². The number of imide groups is 1. The predicted octanol–water partition coefficient (Wildman–Crippen LogP) is 2.90. The van der Waals surface area contributed by atoms with E-state index in [1.54, 1.807) is 24.3 Å². The monoisotopic (exact) mass is 390 g/mol. The van der Waals surface area contributed by atoms with Crippen LogP contribution >= 0.6 is 23.2 Å². The Labute approximate surface area is 159 Å². The number of nitrogens with zero attached hydrogens (tertiary/aromatic N) is 2. The third-order valence-electron chi connectivity index (χ3n) is 3.83. The van der Waals surface area contributed by atoms with Crippen LogP contribution in [0.15, 0.2) is 36.4 Å². The molecule has 1 N–H and O–H groups in total. The number of ether oxygens (including phenoxy) is 1. The Hall–Kier alpha value is -2.59. The van der Waals surface area contributed by atoms with Gasteiger partial charge in [-0.15, -0.1) is 0 Å². The average Bonchev–Trinajstić information content (AvgIpc) is 2.85. The predicted molar refractivity (Wildman–Crippen MR) is 94.5 cm³/mol. The van der Waals surface area contributed by atoms with Crippen molar-refractivity contribution in [2.24, 2.45) is 0 Å². The number of amides is 2. The van der Waals surface area contributed by atoms with Gasteiger partial charge in [0.25, 0.3) is 11.8 Å². The number of aliphatic hydroxyl groups excluding tert-OH is 1. The number of hydrogen-bond acceptors (Lipinski definition) is 5. The van der Waals surface area contributed by atoms with Crippen LogP contribution in [0.3, 0.4) is 0 Å². The van der Waals surface area contributed by atoms with E-state index in [2.05, 4.69) is 0 Å². The van der Waals surface area contributed by atoms with E-state index in [1.807, 2.05) is 6.07 Å². The van der Waals surface area contributed by atoms with Crippen molar-refractivity contribution in [3.63, 3.8) is 0 Å². The minimum Gasteiger partial charge on any atom is -0.491 e. The van der Waals surface area contributed by atoms with Gasteiger partial charge >= 0.3 is 0 Å². The molecule has 2 amide bonds. The molecule has 0 bridgehead atoms. The van der Waals surface area contributed by atoms with Gasteiger partial charge in [0.15, 0.2) is 0 Å². The van der Waals surface area contributed by atoms with Gasteiger partial charge in [-0.3, -0.25) is 14.5 Å². The van der Waals surface area contributed by atoms with E-state index in [4.69, 9.17) is 33.2 Å². The van der Waals surface area contributed by atoms with Crippen LogP contribution in [0.25, 0.3) is 0 Å². The van der Waals surface area contributed by atoms with E-state index in [9.17, 15) is 14.7 Å². The molecule has 6 nitrogen and oxygen atoms in total. The second-order valence-electron chi connectivity index (χ2n) is 5.63. The van der Waals surface area contributed by atoms with E-state index < -0.39 is 17.9 Å². The van der Waals surface area contributed by atoms with Crippen molar-refractivity contribution in [3.05, 3.63) is 63.1 Å². The molecule has 0 radical (unpaired) electrons. The van der Waals surface area contributed by atoms with E-state index in [-0.39, 0.29) is 34.3 Å². The maximum Gasteiger partial charge on any atom is 0.261 e. The Bertz CT molecular complexity index is 881. The van der Waals surface area contributed by atoms with E-state index in [1.165, 1.54) is 12.1 Å². The highest BCUT2D eigenvalue weighted by Gasteiger charge is 2.37. The van der Waals surface area contributed by atoms with Gasteiger partial charge in [0, 0.05) is 0 Å². The molecule has 1 aliphatic heterocycles. The highest BCUT2D eigenvalue weighted by molar-refractivity contribution is 6.43.